The van der Waals surface area contributed by atoms with E-state index in [0.29, 0.717) is 24.0 Å². The number of nitrogens with two attached hydrogens (primary N) is 1. The van der Waals surface area contributed by atoms with E-state index in [2.05, 4.69) is 15.9 Å². The van der Waals surface area contributed by atoms with Crippen molar-refractivity contribution in [1.29, 1.82) is 0 Å². The molecule has 0 heterocycles. The smallest absolute Gasteiger partial charge is 0.130 e. The zero-order valence-corrected chi connectivity index (χ0v) is 11.4. The molecule has 2 N–H and O–H groups in total. The zero-order chi connectivity index (χ0) is 12.0. The summed E-state index contributed by atoms with van der Waals surface area (Å²) in [6.07, 6.45) is 0.833. The van der Waals surface area contributed by atoms with E-state index in [-0.39, 0.29) is 0 Å². The van der Waals surface area contributed by atoms with Gasteiger partial charge in [-0.3, -0.25) is 0 Å². The van der Waals surface area contributed by atoms with E-state index in [1.54, 1.807) is 7.11 Å². The SMILES string of the molecule is COCCCOc1cc(Br)ccc1C(N)=S. The minimum absolute atomic E-state index is 0.342. The fourth-order valence-electron chi connectivity index (χ4n) is 1.20. The molecule has 0 spiro atoms. The van der Waals surface area contributed by atoms with Crippen molar-refractivity contribution in [3.8, 4) is 5.75 Å². The molecule has 0 saturated heterocycles. The van der Waals surface area contributed by atoms with Crippen LogP contribution < -0.4 is 10.5 Å². The molecule has 1 aromatic carbocycles. The second kappa shape index (κ2) is 6.83. The molecule has 0 amide bonds. The summed E-state index contributed by atoms with van der Waals surface area (Å²) in [5, 5.41) is 0. The van der Waals surface area contributed by atoms with Crippen LogP contribution in [-0.2, 0) is 4.74 Å². The summed E-state index contributed by atoms with van der Waals surface area (Å²) in [6, 6.07) is 5.59. The Morgan fingerprint density at radius 1 is 1.44 bits per heavy atom. The Labute approximate surface area is 109 Å². The molecule has 88 valence electrons. The molecule has 0 aliphatic heterocycles. The van der Waals surface area contributed by atoms with E-state index in [9.17, 15) is 0 Å². The van der Waals surface area contributed by atoms with Crippen molar-refractivity contribution < 1.29 is 9.47 Å². The molecule has 0 saturated carbocycles. The lowest BCUT2D eigenvalue weighted by Crippen LogP contribution is -2.12. The Bertz CT molecular complexity index is 371. The number of thiocarbonyl (C=S) groups is 1. The summed E-state index contributed by atoms with van der Waals surface area (Å²) in [5.41, 5.74) is 6.37. The number of ether oxygens (including phenoxy) is 2. The largest absolute Gasteiger partial charge is 0.493 e. The van der Waals surface area contributed by atoms with Crippen LogP contribution in [0.1, 0.15) is 12.0 Å². The summed E-state index contributed by atoms with van der Waals surface area (Å²) in [6.45, 7) is 1.26. The molecule has 0 atom stereocenters. The molecule has 3 nitrogen and oxygen atoms in total. The summed E-state index contributed by atoms with van der Waals surface area (Å²) in [4.78, 5) is 0.342. The van der Waals surface area contributed by atoms with Crippen molar-refractivity contribution in [3.63, 3.8) is 0 Å². The van der Waals surface area contributed by atoms with Gasteiger partial charge >= 0.3 is 0 Å². The first-order valence-electron chi connectivity index (χ1n) is 4.86. The summed E-state index contributed by atoms with van der Waals surface area (Å²) in [5.74, 6) is 0.706. The van der Waals surface area contributed by atoms with Gasteiger partial charge in [-0.05, 0) is 18.2 Å². The van der Waals surface area contributed by atoms with Gasteiger partial charge in [-0.2, -0.15) is 0 Å². The third kappa shape index (κ3) is 4.08. The highest BCUT2D eigenvalue weighted by Gasteiger charge is 2.06. The fourth-order valence-corrected chi connectivity index (χ4v) is 1.71. The lowest BCUT2D eigenvalue weighted by Gasteiger charge is -2.10. The predicted octanol–water partition coefficient (Wildman–Crippen LogP) is 2.50. The van der Waals surface area contributed by atoms with E-state index >= 15 is 0 Å². The molecule has 0 fully saturated rings. The van der Waals surface area contributed by atoms with Gasteiger partial charge in [0.15, 0.2) is 0 Å². The molecule has 0 radical (unpaired) electrons. The normalized spacial score (nSPS) is 10.1. The minimum atomic E-state index is 0.342. The number of rotatable bonds is 6. The highest BCUT2D eigenvalue weighted by Crippen LogP contribution is 2.23. The monoisotopic (exact) mass is 303 g/mol. The van der Waals surface area contributed by atoms with Crippen molar-refractivity contribution >= 4 is 33.1 Å². The minimum Gasteiger partial charge on any atom is -0.493 e. The van der Waals surface area contributed by atoms with E-state index < -0.39 is 0 Å². The summed E-state index contributed by atoms with van der Waals surface area (Å²) >= 11 is 8.33. The van der Waals surface area contributed by atoms with E-state index in [4.69, 9.17) is 27.4 Å². The lowest BCUT2D eigenvalue weighted by molar-refractivity contribution is 0.172. The average molecular weight is 304 g/mol. The summed E-state index contributed by atoms with van der Waals surface area (Å²) < 4.78 is 11.5. The van der Waals surface area contributed by atoms with Gasteiger partial charge in [0.05, 0.1) is 12.2 Å². The Kier molecular flexibility index (Phi) is 5.73. The van der Waals surface area contributed by atoms with Crippen LogP contribution in [0.15, 0.2) is 22.7 Å². The fraction of sp³-hybridized carbons (Fsp3) is 0.364. The van der Waals surface area contributed by atoms with Gasteiger partial charge in [-0.1, -0.05) is 28.1 Å². The molecule has 0 unspecified atom stereocenters. The highest BCUT2D eigenvalue weighted by molar-refractivity contribution is 9.10. The molecule has 0 aliphatic rings. The van der Waals surface area contributed by atoms with Gasteiger partial charge in [0.1, 0.15) is 10.7 Å². The molecule has 0 aliphatic carbocycles. The van der Waals surface area contributed by atoms with Crippen molar-refractivity contribution in [1.82, 2.24) is 0 Å². The van der Waals surface area contributed by atoms with Gasteiger partial charge in [-0.15, -0.1) is 0 Å². The number of hydrogen-bond donors (Lipinski definition) is 1. The van der Waals surface area contributed by atoms with Crippen molar-refractivity contribution in [3.05, 3.63) is 28.2 Å². The maximum absolute atomic E-state index is 5.61. The third-order valence-corrected chi connectivity index (χ3v) is 2.67. The molecule has 0 aromatic heterocycles. The predicted molar refractivity (Wildman–Crippen MR) is 72.0 cm³/mol. The maximum Gasteiger partial charge on any atom is 0.130 e. The number of halogens is 1. The average Bonchev–Trinajstić information content (AvgIpc) is 2.24. The quantitative estimate of drug-likeness (QED) is 0.648. The van der Waals surface area contributed by atoms with Crippen LogP contribution in [-0.4, -0.2) is 25.3 Å². The third-order valence-electron chi connectivity index (χ3n) is 1.96. The molecule has 5 heteroatoms. The first kappa shape index (κ1) is 13.4. The Morgan fingerprint density at radius 3 is 2.81 bits per heavy atom. The van der Waals surface area contributed by atoms with E-state index in [0.717, 1.165) is 16.5 Å². The maximum atomic E-state index is 5.61. The topological polar surface area (TPSA) is 44.5 Å². The number of hydrogen-bond acceptors (Lipinski definition) is 3. The van der Waals surface area contributed by atoms with Gasteiger partial charge in [-0.25, -0.2) is 0 Å². The van der Waals surface area contributed by atoms with Crippen LogP contribution in [0.3, 0.4) is 0 Å². The highest BCUT2D eigenvalue weighted by atomic mass is 79.9. The second-order valence-corrected chi connectivity index (χ2v) is 4.56. The molecule has 1 rings (SSSR count). The Hall–Kier alpha value is -0.650. The standard InChI is InChI=1S/C11H14BrNO2S/c1-14-5-2-6-15-10-7-8(12)3-4-9(10)11(13)16/h3-4,7H,2,5-6H2,1H3,(H2,13,16). The Morgan fingerprint density at radius 2 is 2.19 bits per heavy atom. The number of benzene rings is 1. The van der Waals surface area contributed by atoms with Crippen LogP contribution in [0.5, 0.6) is 5.75 Å². The van der Waals surface area contributed by atoms with Crippen LogP contribution in [0.25, 0.3) is 0 Å². The molecule has 1 aromatic rings. The van der Waals surface area contributed by atoms with Gasteiger partial charge in [0.2, 0.25) is 0 Å². The van der Waals surface area contributed by atoms with Gasteiger partial charge in [0, 0.05) is 24.6 Å². The molecular formula is C11H14BrNO2S. The molecule has 0 bridgehead atoms. The molecule has 16 heavy (non-hydrogen) atoms. The first-order chi connectivity index (χ1) is 7.65. The second-order valence-electron chi connectivity index (χ2n) is 3.20. The van der Waals surface area contributed by atoms with Gasteiger partial charge < -0.3 is 15.2 Å². The molecular weight excluding hydrogens is 290 g/mol. The van der Waals surface area contributed by atoms with Crippen molar-refractivity contribution in [2.24, 2.45) is 5.73 Å². The lowest BCUT2D eigenvalue weighted by atomic mass is 10.2. The van der Waals surface area contributed by atoms with Crippen molar-refractivity contribution in [2.45, 2.75) is 6.42 Å². The van der Waals surface area contributed by atoms with Crippen LogP contribution in [0, 0.1) is 0 Å². The Balaban J connectivity index is 2.68. The zero-order valence-electron chi connectivity index (χ0n) is 9.03. The van der Waals surface area contributed by atoms with E-state index in [1.807, 2.05) is 18.2 Å². The van der Waals surface area contributed by atoms with Crippen LogP contribution in [0.2, 0.25) is 0 Å². The first-order valence-corrected chi connectivity index (χ1v) is 6.06. The van der Waals surface area contributed by atoms with Crippen LogP contribution >= 0.6 is 28.1 Å². The van der Waals surface area contributed by atoms with Crippen molar-refractivity contribution in [2.75, 3.05) is 20.3 Å². The number of methoxy groups -OCH3 is 1. The van der Waals surface area contributed by atoms with E-state index in [1.165, 1.54) is 0 Å². The summed E-state index contributed by atoms with van der Waals surface area (Å²) in [7, 11) is 1.67. The van der Waals surface area contributed by atoms with Crippen LogP contribution in [0.4, 0.5) is 0 Å². The van der Waals surface area contributed by atoms with Gasteiger partial charge in [0.25, 0.3) is 0 Å².